The van der Waals surface area contributed by atoms with Gasteiger partial charge in [0.2, 0.25) is 0 Å². The highest BCUT2D eigenvalue weighted by molar-refractivity contribution is 5.63. The lowest BCUT2D eigenvalue weighted by atomic mass is 9.87. The highest BCUT2D eigenvalue weighted by Gasteiger charge is 2.19. The van der Waals surface area contributed by atoms with Crippen LogP contribution in [0.3, 0.4) is 0 Å². The largest absolute Gasteiger partial charge is 0.384 e. The molecule has 0 saturated heterocycles. The van der Waals surface area contributed by atoms with Crippen molar-refractivity contribution in [1.82, 2.24) is 19.7 Å². The molecule has 0 spiro atoms. The molecular weight excluding hydrogens is 382 g/mol. The SMILES string of the molecule is Cc1nc(N)cc(C(Cc2ccc(C(C)C)cc2)c2cccc(-c3cnn(C)c3)c2)n1. The van der Waals surface area contributed by atoms with Gasteiger partial charge in [-0.2, -0.15) is 5.10 Å². The van der Waals surface area contributed by atoms with E-state index >= 15 is 0 Å². The monoisotopic (exact) mass is 411 g/mol. The third-order valence-corrected chi connectivity index (χ3v) is 5.65. The second-order valence-corrected chi connectivity index (χ2v) is 8.45. The number of nitrogens with zero attached hydrogens (tertiary/aromatic N) is 4. The van der Waals surface area contributed by atoms with E-state index in [2.05, 4.69) is 72.5 Å². The van der Waals surface area contributed by atoms with Crippen LogP contribution in [0.1, 0.15) is 53.9 Å². The first-order valence-electron chi connectivity index (χ1n) is 10.7. The Morgan fingerprint density at radius 3 is 2.35 bits per heavy atom. The zero-order valence-electron chi connectivity index (χ0n) is 18.6. The zero-order chi connectivity index (χ0) is 22.0. The Bertz CT molecular complexity index is 1150. The van der Waals surface area contributed by atoms with Crippen LogP contribution in [0.2, 0.25) is 0 Å². The normalized spacial score (nSPS) is 12.3. The Morgan fingerprint density at radius 2 is 1.71 bits per heavy atom. The van der Waals surface area contributed by atoms with Crippen LogP contribution in [-0.2, 0) is 13.5 Å². The van der Waals surface area contributed by atoms with Crippen LogP contribution in [0.4, 0.5) is 5.82 Å². The Hall–Kier alpha value is -3.47. The molecular formula is C26H29N5. The van der Waals surface area contributed by atoms with Crippen molar-refractivity contribution in [2.45, 2.75) is 39.0 Å². The lowest BCUT2D eigenvalue weighted by Gasteiger charge is -2.19. The summed E-state index contributed by atoms with van der Waals surface area (Å²) in [5.41, 5.74) is 13.1. The van der Waals surface area contributed by atoms with Gasteiger partial charge in [-0.1, -0.05) is 62.4 Å². The van der Waals surface area contributed by atoms with Gasteiger partial charge in [0, 0.05) is 30.8 Å². The number of nitrogens with two attached hydrogens (primary N) is 1. The number of aryl methyl sites for hydroxylation is 2. The minimum Gasteiger partial charge on any atom is -0.384 e. The molecule has 2 N–H and O–H groups in total. The molecule has 158 valence electrons. The summed E-state index contributed by atoms with van der Waals surface area (Å²) in [5.74, 6) is 1.79. The molecule has 1 atom stereocenters. The van der Waals surface area contributed by atoms with Crippen LogP contribution < -0.4 is 5.73 Å². The van der Waals surface area contributed by atoms with Crippen molar-refractivity contribution in [1.29, 1.82) is 0 Å². The van der Waals surface area contributed by atoms with Crippen molar-refractivity contribution in [3.63, 3.8) is 0 Å². The van der Waals surface area contributed by atoms with Crippen molar-refractivity contribution < 1.29 is 0 Å². The molecule has 5 heteroatoms. The molecule has 0 bridgehead atoms. The number of hydrogen-bond donors (Lipinski definition) is 1. The summed E-state index contributed by atoms with van der Waals surface area (Å²) in [6, 6.07) is 19.4. The third-order valence-electron chi connectivity index (χ3n) is 5.65. The molecule has 2 aromatic carbocycles. The summed E-state index contributed by atoms with van der Waals surface area (Å²) in [5, 5.41) is 4.32. The fraction of sp³-hybridized carbons (Fsp3) is 0.269. The van der Waals surface area contributed by atoms with Crippen LogP contribution in [0, 0.1) is 6.92 Å². The van der Waals surface area contributed by atoms with E-state index in [9.17, 15) is 0 Å². The molecule has 0 saturated carbocycles. The van der Waals surface area contributed by atoms with Gasteiger partial charge < -0.3 is 5.73 Å². The van der Waals surface area contributed by atoms with E-state index in [1.807, 2.05) is 37.1 Å². The molecule has 31 heavy (non-hydrogen) atoms. The van der Waals surface area contributed by atoms with E-state index in [-0.39, 0.29) is 5.92 Å². The molecule has 4 aromatic rings. The van der Waals surface area contributed by atoms with Crippen molar-refractivity contribution >= 4 is 5.82 Å². The van der Waals surface area contributed by atoms with E-state index < -0.39 is 0 Å². The summed E-state index contributed by atoms with van der Waals surface area (Å²) < 4.78 is 1.82. The topological polar surface area (TPSA) is 69.6 Å². The molecule has 4 rings (SSSR count). The Kier molecular flexibility index (Phi) is 5.85. The van der Waals surface area contributed by atoms with Gasteiger partial charge in [-0.05, 0) is 41.5 Å². The second kappa shape index (κ2) is 8.72. The van der Waals surface area contributed by atoms with Crippen molar-refractivity contribution in [3.05, 3.63) is 95.2 Å². The molecule has 0 aliphatic rings. The van der Waals surface area contributed by atoms with Gasteiger partial charge in [-0.3, -0.25) is 4.68 Å². The summed E-state index contributed by atoms with van der Waals surface area (Å²) in [6.45, 7) is 6.32. The van der Waals surface area contributed by atoms with E-state index in [1.54, 1.807) is 0 Å². The minimum atomic E-state index is 0.0746. The molecule has 0 aliphatic carbocycles. The first-order valence-corrected chi connectivity index (χ1v) is 10.7. The molecule has 2 aromatic heterocycles. The lowest BCUT2D eigenvalue weighted by Crippen LogP contribution is -2.10. The van der Waals surface area contributed by atoms with Gasteiger partial charge in [0.1, 0.15) is 11.6 Å². The van der Waals surface area contributed by atoms with Crippen LogP contribution in [0.25, 0.3) is 11.1 Å². The van der Waals surface area contributed by atoms with Crippen molar-refractivity contribution in [3.8, 4) is 11.1 Å². The standard InChI is InChI=1S/C26H29N5/c1-17(2)20-10-8-19(9-11-20)12-24(25-14-26(27)30-18(3)29-25)22-7-5-6-21(13-22)23-15-28-31(4)16-23/h5-11,13-17,24H,12H2,1-4H3,(H2,27,29,30). The minimum absolute atomic E-state index is 0.0746. The molecule has 0 fully saturated rings. The molecule has 0 aliphatic heterocycles. The van der Waals surface area contributed by atoms with E-state index in [4.69, 9.17) is 10.7 Å². The highest BCUT2D eigenvalue weighted by atomic mass is 15.2. The fourth-order valence-electron chi connectivity index (χ4n) is 3.97. The third kappa shape index (κ3) is 4.82. The lowest BCUT2D eigenvalue weighted by molar-refractivity contribution is 0.760. The highest BCUT2D eigenvalue weighted by Crippen LogP contribution is 2.31. The van der Waals surface area contributed by atoms with Gasteiger partial charge >= 0.3 is 0 Å². The predicted molar refractivity (Wildman–Crippen MR) is 126 cm³/mol. The average Bonchev–Trinajstić information content (AvgIpc) is 3.18. The maximum atomic E-state index is 6.08. The fourth-order valence-corrected chi connectivity index (χ4v) is 3.97. The smallest absolute Gasteiger partial charge is 0.127 e. The van der Waals surface area contributed by atoms with Gasteiger partial charge in [0.25, 0.3) is 0 Å². The van der Waals surface area contributed by atoms with E-state index in [0.717, 1.165) is 23.2 Å². The van der Waals surface area contributed by atoms with Crippen molar-refractivity contribution in [2.75, 3.05) is 5.73 Å². The Balaban J connectivity index is 1.75. The van der Waals surface area contributed by atoms with Gasteiger partial charge in [-0.25, -0.2) is 9.97 Å². The summed E-state index contributed by atoms with van der Waals surface area (Å²) in [4.78, 5) is 9.02. The molecule has 5 nitrogen and oxygen atoms in total. The number of anilines is 1. The number of aromatic nitrogens is 4. The van der Waals surface area contributed by atoms with Crippen molar-refractivity contribution in [2.24, 2.45) is 7.05 Å². The summed E-state index contributed by atoms with van der Waals surface area (Å²) in [6.07, 6.45) is 4.77. The maximum absolute atomic E-state index is 6.08. The summed E-state index contributed by atoms with van der Waals surface area (Å²) in [7, 11) is 1.93. The van der Waals surface area contributed by atoms with Gasteiger partial charge in [0.15, 0.2) is 0 Å². The first kappa shape index (κ1) is 20.8. The number of hydrogen-bond acceptors (Lipinski definition) is 4. The van der Waals surface area contributed by atoms with Crippen LogP contribution >= 0.6 is 0 Å². The number of rotatable bonds is 6. The Morgan fingerprint density at radius 1 is 0.935 bits per heavy atom. The number of benzene rings is 2. The molecule has 0 radical (unpaired) electrons. The Labute approximate surface area is 184 Å². The average molecular weight is 412 g/mol. The number of nitrogen functional groups attached to an aromatic ring is 1. The molecule has 1 unspecified atom stereocenters. The quantitative estimate of drug-likeness (QED) is 0.469. The zero-order valence-corrected chi connectivity index (χ0v) is 18.6. The van der Waals surface area contributed by atoms with Crippen LogP contribution in [-0.4, -0.2) is 19.7 Å². The van der Waals surface area contributed by atoms with E-state index in [0.29, 0.717) is 17.6 Å². The molecule has 0 amide bonds. The van der Waals surface area contributed by atoms with E-state index in [1.165, 1.54) is 16.7 Å². The van der Waals surface area contributed by atoms with Crippen LogP contribution in [0.15, 0.2) is 67.0 Å². The second-order valence-electron chi connectivity index (χ2n) is 8.45. The molecule has 2 heterocycles. The predicted octanol–water partition coefficient (Wildman–Crippen LogP) is 5.27. The maximum Gasteiger partial charge on any atom is 0.127 e. The van der Waals surface area contributed by atoms with Gasteiger partial charge in [0.05, 0.1) is 11.9 Å². The summed E-state index contributed by atoms with van der Waals surface area (Å²) >= 11 is 0. The van der Waals surface area contributed by atoms with Gasteiger partial charge in [-0.15, -0.1) is 0 Å². The van der Waals surface area contributed by atoms with Crippen LogP contribution in [0.5, 0.6) is 0 Å². The first-order chi connectivity index (χ1) is 14.9.